The molecule has 2 rings (SSSR count). The van der Waals surface area contributed by atoms with Gasteiger partial charge in [0.15, 0.2) is 0 Å². The molecular formula is C16H32N2O. The van der Waals surface area contributed by atoms with Gasteiger partial charge in [0.25, 0.3) is 0 Å². The molecule has 1 saturated heterocycles. The molecule has 3 heteroatoms. The maximum absolute atomic E-state index is 5.66. The van der Waals surface area contributed by atoms with E-state index < -0.39 is 0 Å². The van der Waals surface area contributed by atoms with E-state index in [9.17, 15) is 0 Å². The van der Waals surface area contributed by atoms with E-state index in [1.54, 1.807) is 0 Å². The fourth-order valence-electron chi connectivity index (χ4n) is 4.13. The predicted octanol–water partition coefficient (Wildman–Crippen LogP) is 2.51. The van der Waals surface area contributed by atoms with Gasteiger partial charge in [-0.15, -0.1) is 0 Å². The van der Waals surface area contributed by atoms with Crippen LogP contribution in [0.2, 0.25) is 0 Å². The molecule has 112 valence electrons. The third kappa shape index (κ3) is 3.14. The van der Waals surface area contributed by atoms with Gasteiger partial charge in [0, 0.05) is 24.1 Å². The highest BCUT2D eigenvalue weighted by Gasteiger charge is 2.46. The van der Waals surface area contributed by atoms with Crippen molar-refractivity contribution in [3.63, 3.8) is 0 Å². The van der Waals surface area contributed by atoms with Crippen molar-refractivity contribution in [1.82, 2.24) is 10.2 Å². The van der Waals surface area contributed by atoms with Gasteiger partial charge >= 0.3 is 0 Å². The molecule has 1 N–H and O–H groups in total. The Morgan fingerprint density at radius 3 is 2.42 bits per heavy atom. The molecule has 2 unspecified atom stereocenters. The lowest BCUT2D eigenvalue weighted by Crippen LogP contribution is -2.63. The summed E-state index contributed by atoms with van der Waals surface area (Å²) < 4.78 is 5.66. The van der Waals surface area contributed by atoms with Gasteiger partial charge in [-0.2, -0.15) is 0 Å². The minimum absolute atomic E-state index is 0.334. The van der Waals surface area contributed by atoms with Gasteiger partial charge in [0.2, 0.25) is 0 Å². The quantitative estimate of drug-likeness (QED) is 0.829. The molecule has 0 aromatic heterocycles. The summed E-state index contributed by atoms with van der Waals surface area (Å²) in [5.41, 5.74) is 0.334. The van der Waals surface area contributed by atoms with Crippen LogP contribution in [0.4, 0.5) is 0 Å². The number of hydrogen-bond donors (Lipinski definition) is 1. The Hall–Kier alpha value is -0.120. The standard InChI is InChI=1S/C16H32N2O/c1-5-17-15(14-8-11-19-12-14)16(18(3)4)9-6-13(2)7-10-16/h13-15,17H,5-12H2,1-4H3. The van der Waals surface area contributed by atoms with Crippen LogP contribution in [0, 0.1) is 11.8 Å². The predicted molar refractivity (Wildman–Crippen MR) is 80.4 cm³/mol. The maximum atomic E-state index is 5.66. The normalized spacial score (nSPS) is 37.7. The average Bonchev–Trinajstić information content (AvgIpc) is 2.91. The molecule has 19 heavy (non-hydrogen) atoms. The van der Waals surface area contributed by atoms with Crippen LogP contribution in [0.15, 0.2) is 0 Å². The van der Waals surface area contributed by atoms with Crippen LogP contribution >= 0.6 is 0 Å². The van der Waals surface area contributed by atoms with Crippen LogP contribution in [0.3, 0.4) is 0 Å². The van der Waals surface area contributed by atoms with E-state index in [1.807, 2.05) is 0 Å². The van der Waals surface area contributed by atoms with Crippen LogP contribution < -0.4 is 5.32 Å². The third-order valence-electron chi connectivity index (χ3n) is 5.47. The van der Waals surface area contributed by atoms with Gasteiger partial charge in [-0.1, -0.05) is 13.8 Å². The minimum Gasteiger partial charge on any atom is -0.381 e. The molecule has 0 radical (unpaired) electrons. The Kier molecular flexibility index (Phi) is 5.27. The second kappa shape index (κ2) is 6.55. The Morgan fingerprint density at radius 1 is 1.26 bits per heavy atom. The third-order valence-corrected chi connectivity index (χ3v) is 5.47. The monoisotopic (exact) mass is 268 g/mol. The van der Waals surface area contributed by atoms with Crippen molar-refractivity contribution < 1.29 is 4.74 Å². The van der Waals surface area contributed by atoms with Gasteiger partial charge in [-0.3, -0.25) is 0 Å². The highest BCUT2D eigenvalue weighted by molar-refractivity contribution is 5.04. The molecular weight excluding hydrogens is 236 g/mol. The Balaban J connectivity index is 2.18. The van der Waals surface area contributed by atoms with E-state index in [0.29, 0.717) is 17.5 Å². The molecule has 1 aliphatic heterocycles. The zero-order chi connectivity index (χ0) is 13.9. The first kappa shape index (κ1) is 15.3. The highest BCUT2D eigenvalue weighted by atomic mass is 16.5. The van der Waals surface area contributed by atoms with E-state index in [-0.39, 0.29) is 0 Å². The summed E-state index contributed by atoms with van der Waals surface area (Å²) in [5, 5.41) is 3.81. The summed E-state index contributed by atoms with van der Waals surface area (Å²) in [4.78, 5) is 2.50. The number of ether oxygens (including phenoxy) is 1. The van der Waals surface area contributed by atoms with Crippen molar-refractivity contribution in [2.75, 3.05) is 33.9 Å². The fraction of sp³-hybridized carbons (Fsp3) is 1.00. The van der Waals surface area contributed by atoms with Gasteiger partial charge in [-0.25, -0.2) is 0 Å². The second-order valence-electron chi connectivity index (χ2n) is 6.84. The largest absolute Gasteiger partial charge is 0.381 e. The summed E-state index contributed by atoms with van der Waals surface area (Å²) in [7, 11) is 4.55. The van der Waals surface area contributed by atoms with Gasteiger partial charge in [0.05, 0.1) is 6.61 Å². The van der Waals surface area contributed by atoms with Crippen molar-refractivity contribution in [2.24, 2.45) is 11.8 Å². The van der Waals surface area contributed by atoms with E-state index >= 15 is 0 Å². The molecule has 2 fully saturated rings. The Labute approximate surface area is 119 Å². The van der Waals surface area contributed by atoms with Crippen LogP contribution in [0.25, 0.3) is 0 Å². The van der Waals surface area contributed by atoms with E-state index in [0.717, 1.165) is 25.7 Å². The first-order chi connectivity index (χ1) is 9.10. The van der Waals surface area contributed by atoms with Gasteiger partial charge < -0.3 is 15.0 Å². The minimum atomic E-state index is 0.334. The van der Waals surface area contributed by atoms with Crippen LogP contribution in [-0.4, -0.2) is 50.3 Å². The molecule has 0 bridgehead atoms. The van der Waals surface area contributed by atoms with Crippen LogP contribution in [-0.2, 0) is 4.74 Å². The number of rotatable bonds is 5. The fourth-order valence-corrected chi connectivity index (χ4v) is 4.13. The second-order valence-corrected chi connectivity index (χ2v) is 6.84. The zero-order valence-electron chi connectivity index (χ0n) is 13.2. The topological polar surface area (TPSA) is 24.5 Å². The average molecular weight is 268 g/mol. The summed E-state index contributed by atoms with van der Waals surface area (Å²) in [5.74, 6) is 1.59. The van der Waals surface area contributed by atoms with Crippen LogP contribution in [0.1, 0.15) is 46.0 Å². The number of nitrogens with zero attached hydrogens (tertiary/aromatic N) is 1. The molecule has 1 heterocycles. The van der Waals surface area contributed by atoms with Crippen molar-refractivity contribution in [2.45, 2.75) is 57.5 Å². The molecule has 1 aliphatic carbocycles. The summed E-state index contributed by atoms with van der Waals surface area (Å²) in [6.07, 6.45) is 6.62. The lowest BCUT2D eigenvalue weighted by Gasteiger charge is -2.51. The first-order valence-corrected chi connectivity index (χ1v) is 8.08. The number of likely N-dealkylation sites (N-methyl/N-ethyl adjacent to an activating group) is 2. The molecule has 2 aliphatic rings. The SMILES string of the molecule is CCNC(C1CCOC1)C1(N(C)C)CCC(C)CC1. The highest BCUT2D eigenvalue weighted by Crippen LogP contribution is 2.41. The van der Waals surface area contributed by atoms with Gasteiger partial charge in [0.1, 0.15) is 0 Å². The molecule has 2 atom stereocenters. The summed E-state index contributed by atoms with van der Waals surface area (Å²) >= 11 is 0. The molecule has 0 aromatic carbocycles. The number of hydrogen-bond acceptors (Lipinski definition) is 3. The first-order valence-electron chi connectivity index (χ1n) is 8.08. The molecule has 0 aromatic rings. The van der Waals surface area contributed by atoms with E-state index in [4.69, 9.17) is 4.74 Å². The lowest BCUT2D eigenvalue weighted by molar-refractivity contribution is 0.0190. The van der Waals surface area contributed by atoms with Gasteiger partial charge in [-0.05, 0) is 58.7 Å². The molecule has 1 saturated carbocycles. The van der Waals surface area contributed by atoms with E-state index in [1.165, 1.54) is 32.1 Å². The van der Waals surface area contributed by atoms with Crippen molar-refractivity contribution >= 4 is 0 Å². The molecule has 0 spiro atoms. The Morgan fingerprint density at radius 2 is 1.95 bits per heavy atom. The molecule has 0 amide bonds. The van der Waals surface area contributed by atoms with Crippen molar-refractivity contribution in [1.29, 1.82) is 0 Å². The Bertz CT molecular complexity index is 266. The summed E-state index contributed by atoms with van der Waals surface area (Å²) in [6.45, 7) is 7.60. The number of nitrogens with one attached hydrogen (secondary N) is 1. The zero-order valence-corrected chi connectivity index (χ0v) is 13.2. The van der Waals surface area contributed by atoms with E-state index in [2.05, 4.69) is 38.2 Å². The van der Waals surface area contributed by atoms with Crippen molar-refractivity contribution in [3.8, 4) is 0 Å². The maximum Gasteiger partial charge on any atom is 0.0510 e. The van der Waals surface area contributed by atoms with Crippen LogP contribution in [0.5, 0.6) is 0 Å². The van der Waals surface area contributed by atoms with Crippen molar-refractivity contribution in [3.05, 3.63) is 0 Å². The smallest absolute Gasteiger partial charge is 0.0510 e. The summed E-state index contributed by atoms with van der Waals surface area (Å²) in [6, 6.07) is 0.586. The molecule has 3 nitrogen and oxygen atoms in total. The lowest BCUT2D eigenvalue weighted by atomic mass is 9.68.